The van der Waals surface area contributed by atoms with Crippen LogP contribution in [-0.4, -0.2) is 25.0 Å². The Hall–Kier alpha value is -1.32. The first kappa shape index (κ1) is 26.7. The molecular formula is C24H45NO3. The van der Waals surface area contributed by atoms with Gasteiger partial charge in [-0.15, -0.1) is 0 Å². The highest BCUT2D eigenvalue weighted by Gasteiger charge is 2.03. The van der Waals surface area contributed by atoms with Crippen molar-refractivity contribution in [2.75, 3.05) is 13.2 Å². The van der Waals surface area contributed by atoms with E-state index in [4.69, 9.17) is 4.74 Å². The molecule has 28 heavy (non-hydrogen) atoms. The molecule has 1 amide bonds. The van der Waals surface area contributed by atoms with E-state index < -0.39 is 0 Å². The minimum Gasteiger partial charge on any atom is -0.466 e. The second-order valence-electron chi connectivity index (χ2n) is 8.08. The Morgan fingerprint density at radius 1 is 0.750 bits per heavy atom. The molecule has 0 aromatic carbocycles. The molecule has 0 spiro atoms. The predicted octanol–water partition coefficient (Wildman–Crippen LogP) is 6.48. The third-order valence-electron chi connectivity index (χ3n) is 4.81. The van der Waals surface area contributed by atoms with Gasteiger partial charge in [0.25, 0.3) is 0 Å². The van der Waals surface area contributed by atoms with Gasteiger partial charge in [-0.1, -0.05) is 96.0 Å². The fourth-order valence-corrected chi connectivity index (χ4v) is 3.16. The quantitative estimate of drug-likeness (QED) is 0.155. The SMILES string of the molecule is CCCCCCCCCCCCCCCCOC(=O)CCNC(=O)C=C(C)C. The van der Waals surface area contributed by atoms with E-state index in [9.17, 15) is 9.59 Å². The van der Waals surface area contributed by atoms with Crippen LogP contribution in [0.15, 0.2) is 11.6 Å². The van der Waals surface area contributed by atoms with Gasteiger partial charge in [-0.05, 0) is 20.3 Å². The number of allylic oxidation sites excluding steroid dienone is 1. The molecule has 0 aliphatic rings. The molecule has 0 heterocycles. The van der Waals surface area contributed by atoms with Gasteiger partial charge in [0, 0.05) is 12.6 Å². The highest BCUT2D eigenvalue weighted by atomic mass is 16.5. The van der Waals surface area contributed by atoms with Gasteiger partial charge in [-0.2, -0.15) is 0 Å². The van der Waals surface area contributed by atoms with Crippen LogP contribution in [0.1, 0.15) is 117 Å². The number of ether oxygens (including phenoxy) is 1. The molecule has 0 fully saturated rings. The standard InChI is InChI=1S/C24H45NO3/c1-4-5-6-7-8-9-10-11-12-13-14-15-16-17-20-28-24(27)18-19-25-23(26)21-22(2)3/h21H,4-20H2,1-3H3,(H,25,26). The van der Waals surface area contributed by atoms with Gasteiger partial charge in [0.05, 0.1) is 13.0 Å². The van der Waals surface area contributed by atoms with Gasteiger partial charge >= 0.3 is 5.97 Å². The fraction of sp³-hybridized carbons (Fsp3) is 0.833. The smallest absolute Gasteiger partial charge is 0.307 e. The largest absolute Gasteiger partial charge is 0.466 e. The highest BCUT2D eigenvalue weighted by Crippen LogP contribution is 2.12. The molecule has 0 saturated carbocycles. The van der Waals surface area contributed by atoms with Crippen molar-refractivity contribution in [3.8, 4) is 0 Å². The Balaban J connectivity index is 3.25. The Bertz CT molecular complexity index is 414. The van der Waals surface area contributed by atoms with Crippen LogP contribution in [0.25, 0.3) is 0 Å². The van der Waals surface area contributed by atoms with Crippen LogP contribution in [-0.2, 0) is 14.3 Å². The van der Waals surface area contributed by atoms with Crippen molar-refractivity contribution in [3.63, 3.8) is 0 Å². The van der Waals surface area contributed by atoms with E-state index in [0.29, 0.717) is 13.2 Å². The molecule has 4 heteroatoms. The lowest BCUT2D eigenvalue weighted by Gasteiger charge is -2.06. The van der Waals surface area contributed by atoms with Gasteiger partial charge in [0.15, 0.2) is 0 Å². The van der Waals surface area contributed by atoms with E-state index in [1.807, 2.05) is 13.8 Å². The molecule has 164 valence electrons. The maximum absolute atomic E-state index is 11.6. The number of unbranched alkanes of at least 4 members (excludes halogenated alkanes) is 13. The van der Waals surface area contributed by atoms with Crippen molar-refractivity contribution in [3.05, 3.63) is 11.6 Å². The Kier molecular flexibility index (Phi) is 19.5. The Labute approximate surface area is 173 Å². The number of amides is 1. The van der Waals surface area contributed by atoms with Gasteiger partial charge in [-0.25, -0.2) is 0 Å². The normalized spacial score (nSPS) is 10.5. The lowest BCUT2D eigenvalue weighted by atomic mass is 10.0. The number of hydrogen-bond acceptors (Lipinski definition) is 3. The molecule has 0 radical (unpaired) electrons. The third-order valence-corrected chi connectivity index (χ3v) is 4.81. The summed E-state index contributed by atoms with van der Waals surface area (Å²) in [5.41, 5.74) is 0.942. The summed E-state index contributed by atoms with van der Waals surface area (Å²) in [7, 11) is 0. The first-order valence-electron chi connectivity index (χ1n) is 11.6. The van der Waals surface area contributed by atoms with Crippen LogP contribution in [0.3, 0.4) is 0 Å². The number of nitrogens with one attached hydrogen (secondary N) is 1. The van der Waals surface area contributed by atoms with Crippen molar-refractivity contribution in [2.24, 2.45) is 0 Å². The average Bonchev–Trinajstić information content (AvgIpc) is 2.64. The number of carbonyl (C=O) groups excluding carboxylic acids is 2. The molecule has 0 aliphatic carbocycles. The number of esters is 1. The monoisotopic (exact) mass is 395 g/mol. The van der Waals surface area contributed by atoms with E-state index >= 15 is 0 Å². The molecule has 1 N–H and O–H groups in total. The highest BCUT2D eigenvalue weighted by molar-refractivity contribution is 5.88. The van der Waals surface area contributed by atoms with Crippen LogP contribution in [0.5, 0.6) is 0 Å². The molecule has 0 saturated heterocycles. The lowest BCUT2D eigenvalue weighted by Crippen LogP contribution is -2.25. The maximum atomic E-state index is 11.6. The summed E-state index contributed by atoms with van der Waals surface area (Å²) in [6, 6.07) is 0. The van der Waals surface area contributed by atoms with Crippen LogP contribution in [0.4, 0.5) is 0 Å². The van der Waals surface area contributed by atoms with Crippen LogP contribution < -0.4 is 5.32 Å². The predicted molar refractivity (Wildman–Crippen MR) is 118 cm³/mol. The molecule has 0 aromatic rings. The Morgan fingerprint density at radius 2 is 1.21 bits per heavy atom. The summed E-state index contributed by atoms with van der Waals surface area (Å²) < 4.78 is 5.21. The minimum absolute atomic E-state index is 0.153. The minimum atomic E-state index is -0.229. The summed E-state index contributed by atoms with van der Waals surface area (Å²) in [5.74, 6) is -0.382. The fourth-order valence-electron chi connectivity index (χ4n) is 3.16. The molecule has 0 atom stereocenters. The topological polar surface area (TPSA) is 55.4 Å². The second-order valence-corrected chi connectivity index (χ2v) is 8.08. The molecule has 0 aliphatic heterocycles. The van der Waals surface area contributed by atoms with Gasteiger partial charge in [0.1, 0.15) is 0 Å². The lowest BCUT2D eigenvalue weighted by molar-refractivity contribution is -0.143. The summed E-state index contributed by atoms with van der Waals surface area (Å²) in [6.07, 6.45) is 20.2. The third kappa shape index (κ3) is 21.0. The number of hydrogen-bond donors (Lipinski definition) is 1. The molecular weight excluding hydrogens is 350 g/mol. The maximum Gasteiger partial charge on any atom is 0.307 e. The van der Waals surface area contributed by atoms with Gasteiger partial charge in [-0.3, -0.25) is 9.59 Å². The molecule has 0 bridgehead atoms. The van der Waals surface area contributed by atoms with E-state index in [1.165, 1.54) is 83.1 Å². The zero-order valence-electron chi connectivity index (χ0n) is 18.8. The van der Waals surface area contributed by atoms with E-state index in [0.717, 1.165) is 18.4 Å². The van der Waals surface area contributed by atoms with Crippen molar-refractivity contribution in [1.29, 1.82) is 0 Å². The summed E-state index contributed by atoms with van der Waals surface area (Å²) in [4.78, 5) is 23.0. The van der Waals surface area contributed by atoms with Crippen LogP contribution in [0, 0.1) is 0 Å². The van der Waals surface area contributed by atoms with E-state index in [-0.39, 0.29) is 18.3 Å². The van der Waals surface area contributed by atoms with E-state index in [1.54, 1.807) is 0 Å². The van der Waals surface area contributed by atoms with E-state index in [2.05, 4.69) is 12.2 Å². The van der Waals surface area contributed by atoms with Crippen molar-refractivity contribution >= 4 is 11.9 Å². The summed E-state index contributed by atoms with van der Waals surface area (Å²) >= 11 is 0. The Morgan fingerprint density at radius 3 is 1.68 bits per heavy atom. The number of rotatable bonds is 19. The summed E-state index contributed by atoms with van der Waals surface area (Å²) in [5, 5.41) is 2.68. The molecule has 0 aromatic heterocycles. The number of carbonyl (C=O) groups is 2. The van der Waals surface area contributed by atoms with Crippen molar-refractivity contribution in [2.45, 2.75) is 117 Å². The molecule has 4 nitrogen and oxygen atoms in total. The average molecular weight is 396 g/mol. The van der Waals surface area contributed by atoms with Crippen LogP contribution >= 0.6 is 0 Å². The zero-order valence-corrected chi connectivity index (χ0v) is 18.8. The molecule has 0 unspecified atom stereocenters. The van der Waals surface area contributed by atoms with Gasteiger partial charge in [0.2, 0.25) is 5.91 Å². The van der Waals surface area contributed by atoms with Crippen molar-refractivity contribution in [1.82, 2.24) is 5.32 Å². The second kappa shape index (κ2) is 20.4. The molecule has 0 rings (SSSR count). The van der Waals surface area contributed by atoms with Crippen LogP contribution in [0.2, 0.25) is 0 Å². The first-order valence-corrected chi connectivity index (χ1v) is 11.6. The zero-order chi connectivity index (χ0) is 20.9. The van der Waals surface area contributed by atoms with Gasteiger partial charge < -0.3 is 10.1 Å². The van der Waals surface area contributed by atoms with Crippen molar-refractivity contribution < 1.29 is 14.3 Å². The summed E-state index contributed by atoms with van der Waals surface area (Å²) in [6.45, 7) is 6.83. The first-order chi connectivity index (χ1) is 13.6.